The van der Waals surface area contributed by atoms with E-state index in [-0.39, 0.29) is 216 Å². The Morgan fingerprint density at radius 2 is 0.577 bits per heavy atom. The van der Waals surface area contributed by atoms with Gasteiger partial charge in [0.25, 0.3) is 0 Å². The average molecular weight is 2030 g/mol. The van der Waals surface area contributed by atoms with Gasteiger partial charge in [0.2, 0.25) is 35.4 Å². The highest BCUT2D eigenvalue weighted by Gasteiger charge is 2.54. The highest BCUT2D eigenvalue weighted by molar-refractivity contribution is 6.42. The summed E-state index contributed by atoms with van der Waals surface area (Å²) in [5, 5.41) is 188. The van der Waals surface area contributed by atoms with Gasteiger partial charge in [-0.05, 0) is 235 Å². The maximum atomic E-state index is 12.3. The van der Waals surface area contributed by atoms with Crippen molar-refractivity contribution in [2.45, 2.75) is 342 Å². The molecule has 0 aromatic carbocycles. The van der Waals surface area contributed by atoms with E-state index in [1.807, 2.05) is 34.6 Å². The third-order valence-electron chi connectivity index (χ3n) is 29.8. The van der Waals surface area contributed by atoms with Crippen molar-refractivity contribution in [2.24, 2.45) is 152 Å². The molecule has 6 amide bonds. The Kier molecular flexibility index (Phi) is 58.4. The van der Waals surface area contributed by atoms with Crippen LogP contribution in [0.2, 0.25) is 37.9 Å². The second-order valence-corrected chi connectivity index (χ2v) is 41.8. The number of aliphatic hydroxyl groups is 1. The van der Waals surface area contributed by atoms with Gasteiger partial charge in [0.05, 0.1) is 35.8 Å². The summed E-state index contributed by atoms with van der Waals surface area (Å²) >= 11 is 0. The molecule has 0 aromatic heterocycles. The van der Waals surface area contributed by atoms with Crippen LogP contribution in [0.4, 0.5) is 0 Å². The number of likely N-dealkylation sites (N-methyl/N-ethyl adjacent to an activating group) is 1. The Labute approximate surface area is 835 Å². The van der Waals surface area contributed by atoms with E-state index < -0.39 is 171 Å². The number of carboxylic acid groups (broad SMARTS) is 6. The van der Waals surface area contributed by atoms with Crippen LogP contribution in [0, 0.1) is 82.9 Å². The molecule has 0 radical (unpaired) electrons. The van der Waals surface area contributed by atoms with Crippen molar-refractivity contribution < 1.29 is 154 Å². The molecule has 6 saturated carbocycles. The van der Waals surface area contributed by atoms with Crippen LogP contribution in [-0.4, -0.2) is 336 Å². The monoisotopic (exact) mass is 2030 g/mol. The predicted molar refractivity (Wildman–Crippen MR) is 533 cm³/mol. The number of carbonyl (C=O) groups is 12. The molecule has 0 heterocycles. The molecule has 6 aliphatic carbocycles. The van der Waals surface area contributed by atoms with Gasteiger partial charge in [0, 0.05) is 81.8 Å². The molecule has 6 fully saturated rings. The first-order chi connectivity index (χ1) is 65.5. The Morgan fingerprint density at radius 3 is 0.789 bits per heavy atom. The molecule has 0 aliphatic heterocycles. The van der Waals surface area contributed by atoms with E-state index in [2.05, 4.69) is 26.6 Å². The Morgan fingerprint density at radius 1 is 0.352 bits per heavy atom. The van der Waals surface area contributed by atoms with Crippen molar-refractivity contribution in [3.8, 4) is 0 Å². The van der Waals surface area contributed by atoms with E-state index in [0.717, 1.165) is 38.5 Å². The summed E-state index contributed by atoms with van der Waals surface area (Å²) in [7, 11) is -6.77. The number of nitrogens with zero attached hydrogens (tertiary/aromatic N) is 1. The second kappa shape index (κ2) is 62.4. The topological polar surface area (TPSA) is 965 Å². The van der Waals surface area contributed by atoms with E-state index >= 15 is 0 Å². The van der Waals surface area contributed by atoms with E-state index in [9.17, 15) is 93.3 Å². The number of aliphatic carboxylic acids is 6. The van der Waals surface area contributed by atoms with Crippen LogP contribution in [0.25, 0.3) is 0 Å². The summed E-state index contributed by atoms with van der Waals surface area (Å²) in [5.74, 6) is -10.9. The maximum absolute atomic E-state index is 12.3. The van der Waals surface area contributed by atoms with E-state index in [0.29, 0.717) is 89.9 Å². The van der Waals surface area contributed by atoms with Crippen molar-refractivity contribution in [1.29, 1.82) is 0 Å². The minimum atomic E-state index is -1.49. The molecule has 816 valence electrons. The number of hydrogen-bond donors (Lipinski definition) is 36. The van der Waals surface area contributed by atoms with Gasteiger partial charge in [-0.2, -0.15) is 0 Å². The minimum absolute atomic E-state index is 0.00671. The lowest BCUT2D eigenvalue weighted by atomic mass is 9.66. The fourth-order valence-electron chi connectivity index (χ4n) is 19.5. The summed E-state index contributed by atoms with van der Waals surface area (Å²) in [6.07, 6.45) is 13.9. The van der Waals surface area contributed by atoms with Crippen molar-refractivity contribution in [2.75, 3.05) is 46.3 Å². The third-order valence-corrected chi connectivity index (χ3v) is 29.8. The normalized spacial score (nSPS) is 29.0. The molecule has 0 aromatic rings. The van der Waals surface area contributed by atoms with Gasteiger partial charge >= 0.3 is 78.5 Å². The van der Waals surface area contributed by atoms with Crippen LogP contribution in [0.1, 0.15) is 229 Å². The molecule has 0 spiro atoms. The number of carbonyl (C=O) groups excluding carboxylic acids is 6. The highest BCUT2D eigenvalue weighted by Crippen LogP contribution is 2.45. The first-order valence-electron chi connectivity index (χ1n) is 49.7. The Balaban J connectivity index is 0.000000852. The lowest BCUT2D eigenvalue weighted by Gasteiger charge is -2.43. The molecule has 0 unspecified atom stereocenters. The van der Waals surface area contributed by atoms with Gasteiger partial charge in [-0.1, -0.05) is 79.6 Å². The Bertz CT molecular complexity index is 3810. The maximum Gasteiger partial charge on any atom is 0.451 e. The lowest BCUT2D eigenvalue weighted by Crippen LogP contribution is -2.62. The van der Waals surface area contributed by atoms with Gasteiger partial charge < -0.3 is 196 Å². The molecule has 142 heavy (non-hydrogen) atoms. The molecule has 0 bridgehead atoms. The second-order valence-electron chi connectivity index (χ2n) is 41.8. The number of rotatable bonds is 47. The molecular weight excluding hydrogens is 1860 g/mol. The van der Waals surface area contributed by atoms with Gasteiger partial charge in [-0.3, -0.25) is 57.5 Å². The summed E-state index contributed by atoms with van der Waals surface area (Å²) in [6, 6.07) is -3.60. The van der Waals surface area contributed by atoms with E-state index in [4.69, 9.17) is 129 Å². The molecule has 6 aliphatic rings. The molecular formula is C87H174B6N18O31. The van der Waals surface area contributed by atoms with Gasteiger partial charge in [-0.25, -0.2) is 0 Å². The molecule has 25 atom stereocenters. The molecule has 49 nitrogen and oxygen atoms in total. The predicted octanol–water partition coefficient (Wildman–Crippen LogP) is -6.79. The molecule has 0 saturated heterocycles. The smallest absolute Gasteiger partial charge is 0.451 e. The van der Waals surface area contributed by atoms with Gasteiger partial charge in [0.15, 0.2) is 0 Å². The van der Waals surface area contributed by atoms with E-state index in [1.54, 1.807) is 27.8 Å². The van der Waals surface area contributed by atoms with Crippen molar-refractivity contribution in [3.63, 3.8) is 0 Å². The summed E-state index contributed by atoms with van der Waals surface area (Å²) in [5.41, 5.74) is 61.4. The van der Waals surface area contributed by atoms with Crippen LogP contribution in [-0.2, 0) is 57.5 Å². The lowest BCUT2D eigenvalue weighted by molar-refractivity contribution is -0.150. The zero-order valence-electron chi connectivity index (χ0n) is 84.7. The van der Waals surface area contributed by atoms with E-state index in [1.165, 1.54) is 11.8 Å². The molecule has 55 heteroatoms. The number of carboxylic acids is 6. The van der Waals surface area contributed by atoms with Crippen molar-refractivity contribution in [3.05, 3.63) is 0 Å². The summed E-state index contributed by atoms with van der Waals surface area (Å²) in [4.78, 5) is 143. The van der Waals surface area contributed by atoms with Crippen LogP contribution in [0.15, 0.2) is 0 Å². The number of amides is 6. The number of hydrogen-bond acceptors (Lipinski definition) is 37. The van der Waals surface area contributed by atoms with Crippen molar-refractivity contribution >= 4 is 114 Å². The highest BCUT2D eigenvalue weighted by atomic mass is 16.4. The zero-order chi connectivity index (χ0) is 109. The fraction of sp³-hybridized carbons (Fsp3) is 0.862. The number of nitrogens with one attached hydrogen (secondary N) is 5. The molecule has 6 rings (SSSR count). The quantitative estimate of drug-likeness (QED) is 0.0252. The number of aliphatic hydroxyl groups excluding tert-OH is 1. The van der Waals surface area contributed by atoms with Gasteiger partial charge in [-0.15, -0.1) is 0 Å². The van der Waals surface area contributed by atoms with Crippen LogP contribution in [0.3, 0.4) is 0 Å². The minimum Gasteiger partial charge on any atom is -0.480 e. The first-order valence-corrected chi connectivity index (χ1v) is 49.7. The summed E-state index contributed by atoms with van der Waals surface area (Å²) < 4.78 is 0. The molecule has 48 N–H and O–H groups in total. The average Bonchev–Trinajstić information content (AvgIpc) is 0.803. The number of nitrogens with two attached hydrogens (primary N) is 12. The van der Waals surface area contributed by atoms with Crippen LogP contribution in [0.5, 0.6) is 0 Å². The standard InChI is InChI=1S/C16H32BN3O5.2C15H30BN3O5.C14H28BN3O6.C14H28BN3O5.C13H26BN3O5/c1-10(2)15(3,18)13(21)20-9-12-5-4-11(6-7-17(24)25)8-16(12,19)14(22)23;1-9(2)12(17)13(20)19-8-11-4-3-10(5-6-16(23)24)7-15(11,18)14(21)22;1-2-3-12(17)13(20)19-9-11-5-4-10(6-7-16(23)24)8-15(11,18)14(21)22;1-8(19)11(16)12(20)18-7-10-3-2-9(4-5-15(23)24)6-14(10,17)13(21)22;1-9(16)12(19)18(2)8-11-4-3-10(5-6-15(22)23)7-14(11,17)13(20)21;1-8(15)11(18)17-7-10-3-2-9(4-5-14(21)22)6-13(10,16)12(19)20/h10-12,24-25H,4-9,18-19H2,1-3H3,(H,20,21)(H,22,23);9-12,23-24H,3-8,17-18H2,1-2H3,(H,19,20)(H,21,22);10-12,23-24H,2-9,17-18H2,1H3,(H,19,20)(H,21,22);8-11,19,23-24H,2-7,16-17H2,1H3,(H,18,20)(H,21,22);9-11,22-23H,3-8,16-17H2,1-2H3,(H,20,21);8-10,21-22H,2-7,15-16H2,1H3,(H,17,18)(H,19,20)/t11-,12-,15+,16+;10-,11-,12+,15+;10-,11-,12-,15+;8-,9+,10+,11+,14-;9-,10-,11-,14+;8-,9+,10+,13-/m000101/s1. The zero-order valence-corrected chi connectivity index (χ0v) is 84.7. The van der Waals surface area contributed by atoms with Crippen LogP contribution < -0.4 is 95.4 Å². The SMILES string of the molecule is CC(C)[C@@H](N)C(=O)NC[C@@H]1CC[C@@H](CCB(O)O)C[C@]1(N)C(=O)O.CC(C)[C@@](C)(N)C(=O)NC[C@@H]1CC[C@@H](CCB(O)O)C[C@]1(N)C(=O)O.CCC[C@H](N)C(=O)NC[C@@H]1CC[C@@H](CCB(O)O)C[C@]1(N)C(=O)O.C[C@@H](N)C(=O)NC[C@@H]1CC[C@@H](CCB(O)O)C[C@]1(N)C(=O)O.C[C@@H](O)[C@H](N)C(=O)NC[C@@H]1CC[C@@H](CCB(O)O)C[C@]1(N)C(=O)O.C[C@H](N)C(=O)N(C)C[C@@H]1CC[C@@H](CCB(O)O)C[C@]1(N)C(=O)O. The largest absolute Gasteiger partial charge is 0.480 e. The summed E-state index contributed by atoms with van der Waals surface area (Å²) in [6.45, 7) is 16.5. The fourth-order valence-corrected chi connectivity index (χ4v) is 19.5. The van der Waals surface area contributed by atoms with Crippen molar-refractivity contribution in [1.82, 2.24) is 31.5 Å². The van der Waals surface area contributed by atoms with Gasteiger partial charge in [0.1, 0.15) is 39.3 Å². The Hall–Kier alpha value is -6.97. The first kappa shape index (κ1) is 133. The van der Waals surface area contributed by atoms with Crippen LogP contribution >= 0.6 is 0 Å². The third kappa shape index (κ3) is 43.4.